The molecule has 2 unspecified atom stereocenters. The van der Waals surface area contributed by atoms with Gasteiger partial charge in [-0.1, -0.05) is 208 Å². The monoisotopic (exact) mass is 805 g/mol. The Morgan fingerprint density at radius 2 is 0.545 bits per heavy atom. The second-order valence-electron chi connectivity index (χ2n) is 16.6. The number of hydrogen-bond acceptors (Lipinski definition) is 6. The molecule has 7 heteroatoms. The van der Waals surface area contributed by atoms with Gasteiger partial charge in [0.1, 0.15) is 0 Å². The molecule has 2 atom stereocenters. The van der Waals surface area contributed by atoms with Crippen molar-refractivity contribution in [3.05, 3.63) is 0 Å². The van der Waals surface area contributed by atoms with E-state index in [4.69, 9.17) is 0 Å². The van der Waals surface area contributed by atoms with Crippen molar-refractivity contribution in [3.8, 4) is 0 Å². The maximum atomic E-state index is 11.3. The first-order valence-electron chi connectivity index (χ1n) is 24.2. The Kier molecular flexibility index (Phi) is 52.4. The molecule has 0 aromatic rings. The number of carbonyl (C=O) groups is 2. The van der Waals surface area contributed by atoms with Crippen LogP contribution in [0.4, 0.5) is 0 Å². The van der Waals surface area contributed by atoms with Crippen LogP contribution in [0.5, 0.6) is 0 Å². The van der Waals surface area contributed by atoms with Crippen molar-refractivity contribution in [1.29, 1.82) is 0 Å². The topological polar surface area (TPSA) is 86.7 Å². The SMILES string of the molecule is CCCCCCCCN(CCCCCCCC)C(CCCCC)CC(=O)[O-].CCCCCCCCN(CCCCCCCC)C(CCCCC)CC(=O)[O-].[Ca+2]. The van der Waals surface area contributed by atoms with Gasteiger partial charge in [-0.2, -0.15) is 0 Å². The van der Waals surface area contributed by atoms with Gasteiger partial charge in [0.05, 0.1) is 0 Å². The molecule has 0 N–H and O–H groups in total. The quantitative estimate of drug-likeness (QED) is 0.0451. The number of aliphatic carboxylic acids is 2. The predicted octanol–water partition coefficient (Wildman–Crippen LogP) is 11.8. The third kappa shape index (κ3) is 43.5. The third-order valence-corrected chi connectivity index (χ3v) is 11.3. The van der Waals surface area contributed by atoms with Crippen molar-refractivity contribution in [3.63, 3.8) is 0 Å². The summed E-state index contributed by atoms with van der Waals surface area (Å²) in [6.07, 6.45) is 40.5. The summed E-state index contributed by atoms with van der Waals surface area (Å²) in [5.74, 6) is -1.76. The molecule has 55 heavy (non-hydrogen) atoms. The zero-order valence-electron chi connectivity index (χ0n) is 38.3. The Hall–Kier alpha value is 0.120. The van der Waals surface area contributed by atoms with E-state index in [1.54, 1.807) is 0 Å². The fourth-order valence-corrected chi connectivity index (χ4v) is 7.81. The first kappa shape index (κ1) is 59.4. The van der Waals surface area contributed by atoms with Crippen LogP contribution in [-0.2, 0) is 9.59 Å². The molecular formula is C48H96CaN2O4. The van der Waals surface area contributed by atoms with Gasteiger partial charge in [0.2, 0.25) is 0 Å². The van der Waals surface area contributed by atoms with Crippen molar-refractivity contribution in [1.82, 2.24) is 9.80 Å². The summed E-state index contributed by atoms with van der Waals surface area (Å²) in [4.78, 5) is 27.6. The van der Waals surface area contributed by atoms with Crippen LogP contribution in [0.1, 0.15) is 260 Å². The minimum absolute atomic E-state index is 0. The predicted molar refractivity (Wildman–Crippen MR) is 238 cm³/mol. The Labute approximate surface area is 374 Å². The Morgan fingerprint density at radius 3 is 0.764 bits per heavy atom. The van der Waals surface area contributed by atoms with Gasteiger partial charge in [0.15, 0.2) is 0 Å². The molecule has 0 heterocycles. The van der Waals surface area contributed by atoms with Crippen LogP contribution in [0.25, 0.3) is 0 Å². The van der Waals surface area contributed by atoms with Crippen LogP contribution in [0.3, 0.4) is 0 Å². The minimum atomic E-state index is -0.882. The number of rotatable bonds is 42. The summed E-state index contributed by atoms with van der Waals surface area (Å²) in [6, 6.07) is 0.348. The molecule has 0 aliphatic carbocycles. The van der Waals surface area contributed by atoms with E-state index in [2.05, 4.69) is 51.3 Å². The smallest absolute Gasteiger partial charge is 0.550 e. The molecule has 0 aliphatic rings. The fourth-order valence-electron chi connectivity index (χ4n) is 7.81. The van der Waals surface area contributed by atoms with E-state index in [1.807, 2.05) is 0 Å². The number of carbonyl (C=O) groups excluding carboxylic acids is 2. The molecule has 0 saturated heterocycles. The van der Waals surface area contributed by atoms with Gasteiger partial charge < -0.3 is 29.6 Å². The molecule has 0 radical (unpaired) electrons. The number of nitrogens with zero attached hydrogens (tertiary/aromatic N) is 2. The molecule has 0 amide bonds. The number of carboxylic acid groups (broad SMARTS) is 2. The molecular weight excluding hydrogens is 709 g/mol. The van der Waals surface area contributed by atoms with Crippen molar-refractivity contribution < 1.29 is 19.8 Å². The van der Waals surface area contributed by atoms with Crippen LogP contribution >= 0.6 is 0 Å². The van der Waals surface area contributed by atoms with Gasteiger partial charge in [-0.25, -0.2) is 0 Å². The standard InChI is InChI=1S/2C24H49NO2.Ca/c2*1-4-7-10-12-14-17-20-25(21-18-15-13-11-8-5-2)23(22-24(26)27)19-16-9-6-3;/h2*23H,4-22H2,1-3H3,(H,26,27);/q;;+2/p-2. The third-order valence-electron chi connectivity index (χ3n) is 11.3. The summed E-state index contributed by atoms with van der Waals surface area (Å²) in [7, 11) is 0. The van der Waals surface area contributed by atoms with E-state index in [0.29, 0.717) is 0 Å². The van der Waals surface area contributed by atoms with Crippen molar-refractivity contribution >= 4 is 49.7 Å². The summed E-state index contributed by atoms with van der Waals surface area (Å²) >= 11 is 0. The van der Waals surface area contributed by atoms with Crippen LogP contribution in [0, 0.1) is 0 Å². The van der Waals surface area contributed by atoms with Gasteiger partial charge in [-0.15, -0.1) is 0 Å². The van der Waals surface area contributed by atoms with Gasteiger partial charge in [0, 0.05) is 36.9 Å². The van der Waals surface area contributed by atoms with Gasteiger partial charge >= 0.3 is 37.7 Å². The first-order chi connectivity index (χ1) is 26.3. The summed E-state index contributed by atoms with van der Waals surface area (Å²) < 4.78 is 0. The molecule has 0 aliphatic heterocycles. The molecule has 0 rings (SSSR count). The van der Waals surface area contributed by atoms with Gasteiger partial charge in [0.25, 0.3) is 0 Å². The van der Waals surface area contributed by atoms with Crippen molar-refractivity contribution in [2.45, 2.75) is 272 Å². The Balaban J connectivity index is -0.000000966. The second-order valence-corrected chi connectivity index (χ2v) is 16.6. The molecule has 0 spiro atoms. The molecule has 0 aromatic heterocycles. The van der Waals surface area contributed by atoms with E-state index in [1.165, 1.54) is 180 Å². The second kappa shape index (κ2) is 48.5. The number of unbranched alkanes of at least 4 members (excludes halogenated alkanes) is 24. The van der Waals surface area contributed by atoms with Crippen LogP contribution in [0.15, 0.2) is 0 Å². The maximum Gasteiger partial charge on any atom is 2.00 e. The van der Waals surface area contributed by atoms with E-state index in [-0.39, 0.29) is 62.7 Å². The average molecular weight is 805 g/mol. The average Bonchev–Trinajstić information content (AvgIpc) is 3.14. The van der Waals surface area contributed by atoms with E-state index in [9.17, 15) is 19.8 Å². The molecule has 324 valence electrons. The minimum Gasteiger partial charge on any atom is -0.550 e. The van der Waals surface area contributed by atoms with Gasteiger partial charge in [-0.3, -0.25) is 0 Å². The maximum absolute atomic E-state index is 11.3. The Bertz CT molecular complexity index is 676. The molecule has 0 saturated carbocycles. The van der Waals surface area contributed by atoms with Crippen LogP contribution in [-0.4, -0.2) is 97.7 Å². The normalized spacial score (nSPS) is 12.4. The van der Waals surface area contributed by atoms with Crippen molar-refractivity contribution in [2.75, 3.05) is 26.2 Å². The Morgan fingerprint density at radius 1 is 0.345 bits per heavy atom. The van der Waals surface area contributed by atoms with Gasteiger partial charge in [-0.05, 0) is 64.7 Å². The largest absolute Gasteiger partial charge is 2.00 e. The summed E-state index contributed by atoms with van der Waals surface area (Å²) in [5, 5.41) is 22.6. The molecule has 6 nitrogen and oxygen atoms in total. The van der Waals surface area contributed by atoms with Crippen LogP contribution < -0.4 is 10.2 Å². The fraction of sp³-hybridized carbons (Fsp3) is 0.958. The molecule has 0 fully saturated rings. The van der Waals surface area contributed by atoms with Crippen LogP contribution in [0.2, 0.25) is 0 Å². The number of carboxylic acids is 2. The zero-order valence-corrected chi connectivity index (χ0v) is 40.5. The summed E-state index contributed by atoms with van der Waals surface area (Å²) in [6.45, 7) is 17.7. The van der Waals surface area contributed by atoms with Crippen molar-refractivity contribution in [2.24, 2.45) is 0 Å². The summed E-state index contributed by atoms with van der Waals surface area (Å²) in [5.41, 5.74) is 0. The molecule has 0 bridgehead atoms. The van der Waals surface area contributed by atoms with E-state index in [0.717, 1.165) is 51.9 Å². The first-order valence-corrected chi connectivity index (χ1v) is 24.2. The zero-order chi connectivity index (χ0) is 40.3. The molecule has 0 aromatic carbocycles. The van der Waals surface area contributed by atoms with E-state index >= 15 is 0 Å². The van der Waals surface area contributed by atoms with E-state index < -0.39 is 11.9 Å². The number of hydrogen-bond donors (Lipinski definition) is 0.